The number of methoxy groups -OCH3 is 1. The predicted octanol–water partition coefficient (Wildman–Crippen LogP) is 5.50. The van der Waals surface area contributed by atoms with Gasteiger partial charge in [-0.2, -0.15) is 4.98 Å². The summed E-state index contributed by atoms with van der Waals surface area (Å²) >= 11 is 6.03. The zero-order chi connectivity index (χ0) is 30.6. The molecule has 3 aromatic rings. The van der Waals surface area contributed by atoms with Crippen LogP contribution in [-0.2, 0) is 10.4 Å². The molecule has 0 radical (unpaired) electrons. The van der Waals surface area contributed by atoms with Gasteiger partial charge in [0.15, 0.2) is 0 Å². The second kappa shape index (κ2) is 12.9. The van der Waals surface area contributed by atoms with Crippen LogP contribution in [0.5, 0.6) is 5.75 Å². The second-order valence-electron chi connectivity index (χ2n) is 11.0. The Morgan fingerprint density at radius 2 is 2.02 bits per heavy atom. The van der Waals surface area contributed by atoms with Crippen LogP contribution in [0.25, 0.3) is 0 Å². The van der Waals surface area contributed by atoms with Crippen LogP contribution in [0.2, 0.25) is 5.02 Å². The molecule has 2 aromatic carbocycles. The summed E-state index contributed by atoms with van der Waals surface area (Å²) in [5.74, 6) is 0.677. The van der Waals surface area contributed by atoms with Crippen LogP contribution in [0.15, 0.2) is 49.2 Å². The molecule has 0 unspecified atom stereocenters. The van der Waals surface area contributed by atoms with E-state index in [1.165, 1.54) is 18.2 Å². The van der Waals surface area contributed by atoms with Crippen molar-refractivity contribution in [2.24, 2.45) is 5.92 Å². The van der Waals surface area contributed by atoms with Crippen molar-refractivity contribution in [2.45, 2.75) is 25.9 Å². The van der Waals surface area contributed by atoms with E-state index in [2.05, 4.69) is 56.4 Å². The lowest BCUT2D eigenvalue weighted by Gasteiger charge is -2.25. The lowest BCUT2D eigenvalue weighted by Crippen LogP contribution is -2.26. The number of nitrogens with zero attached hydrogens (tertiary/aromatic N) is 4. The summed E-state index contributed by atoms with van der Waals surface area (Å²) < 4.78 is 19.9. The highest BCUT2D eigenvalue weighted by molar-refractivity contribution is 6.31. The summed E-state index contributed by atoms with van der Waals surface area (Å²) in [6.07, 6.45) is 3.81. The van der Waals surface area contributed by atoms with E-state index in [4.69, 9.17) is 16.3 Å². The number of rotatable bonds is 11. The predicted molar refractivity (Wildman–Crippen MR) is 166 cm³/mol. The van der Waals surface area contributed by atoms with Gasteiger partial charge in [-0.15, -0.1) is 0 Å². The first kappa shape index (κ1) is 31.0. The van der Waals surface area contributed by atoms with Gasteiger partial charge in [-0.25, -0.2) is 9.37 Å². The molecular weight excluding hydrogens is 561 g/mol. The fourth-order valence-electron chi connectivity index (χ4n) is 5.00. The molecule has 1 amide bonds. The SMILES string of the molecule is C=CC(=O)Nc1cc(Nc2nccc(Nc3cc(Cl)c(F)cc3C(C)(C)O)n2)c(OC)cc1N1CC[C@@H](CN(C)C)C1. The summed E-state index contributed by atoms with van der Waals surface area (Å²) in [5.41, 5.74) is 1.34. The van der Waals surface area contributed by atoms with Gasteiger partial charge in [-0.1, -0.05) is 18.2 Å². The Kier molecular flexibility index (Phi) is 9.55. The molecule has 1 saturated heterocycles. The molecule has 1 aromatic heterocycles. The highest BCUT2D eigenvalue weighted by Crippen LogP contribution is 2.40. The first-order chi connectivity index (χ1) is 19.9. The van der Waals surface area contributed by atoms with E-state index in [1.807, 2.05) is 6.07 Å². The summed E-state index contributed by atoms with van der Waals surface area (Å²) in [7, 11) is 5.70. The number of hydrogen-bond acceptors (Lipinski definition) is 9. The van der Waals surface area contributed by atoms with Crippen molar-refractivity contribution in [1.29, 1.82) is 0 Å². The number of aromatic nitrogens is 2. The van der Waals surface area contributed by atoms with Crippen molar-refractivity contribution in [2.75, 3.05) is 61.7 Å². The van der Waals surface area contributed by atoms with Gasteiger partial charge >= 0.3 is 0 Å². The topological polar surface area (TPSA) is 115 Å². The normalized spacial score (nSPS) is 15.1. The Morgan fingerprint density at radius 1 is 1.26 bits per heavy atom. The molecule has 1 fully saturated rings. The van der Waals surface area contributed by atoms with E-state index in [1.54, 1.807) is 39.3 Å². The molecule has 1 atom stereocenters. The van der Waals surface area contributed by atoms with E-state index >= 15 is 0 Å². The quantitative estimate of drug-likeness (QED) is 0.213. The maximum absolute atomic E-state index is 14.2. The minimum Gasteiger partial charge on any atom is -0.494 e. The molecule has 2 heterocycles. The molecule has 4 rings (SSSR count). The van der Waals surface area contributed by atoms with Crippen molar-refractivity contribution < 1.29 is 19.0 Å². The zero-order valence-corrected chi connectivity index (χ0v) is 25.2. The summed E-state index contributed by atoms with van der Waals surface area (Å²) in [4.78, 5) is 25.6. The van der Waals surface area contributed by atoms with Gasteiger partial charge in [0.2, 0.25) is 11.9 Å². The van der Waals surface area contributed by atoms with Gasteiger partial charge in [0.25, 0.3) is 0 Å². The van der Waals surface area contributed by atoms with Crippen molar-refractivity contribution >= 4 is 52.0 Å². The Bertz CT molecular complexity index is 1460. The van der Waals surface area contributed by atoms with Gasteiger partial charge in [0.1, 0.15) is 17.4 Å². The third-order valence-corrected chi connectivity index (χ3v) is 7.18. The highest BCUT2D eigenvalue weighted by Gasteiger charge is 2.27. The number of carbonyl (C=O) groups excluding carboxylic acids is 1. The molecule has 4 N–H and O–H groups in total. The summed E-state index contributed by atoms with van der Waals surface area (Å²) in [6, 6.07) is 7.89. The zero-order valence-electron chi connectivity index (χ0n) is 24.5. The standard InChI is InChI=1S/C30H37ClFN7O3/c1-7-28(40)35-23-14-24(26(42-6)15-25(23)39-11-9-18(17-39)16-38(4)5)36-29-33-10-8-27(37-29)34-22-13-20(31)21(32)12-19(22)30(2,3)41/h7-8,10,12-15,18,41H,1,9,11,16-17H2,2-6H3,(H,35,40)(H2,33,34,36,37)/t18-/m0/s1. The Balaban J connectivity index is 1.65. The Hall–Kier alpha value is -3.93. The minimum absolute atomic E-state index is 0.0946. The summed E-state index contributed by atoms with van der Waals surface area (Å²) in [6.45, 7) is 9.37. The van der Waals surface area contributed by atoms with Crippen molar-refractivity contribution in [1.82, 2.24) is 14.9 Å². The van der Waals surface area contributed by atoms with Crippen LogP contribution in [0, 0.1) is 11.7 Å². The van der Waals surface area contributed by atoms with Crippen LogP contribution >= 0.6 is 11.6 Å². The third-order valence-electron chi connectivity index (χ3n) is 6.90. The van der Waals surface area contributed by atoms with Crippen molar-refractivity contribution in [3.63, 3.8) is 0 Å². The van der Waals surface area contributed by atoms with Gasteiger partial charge in [0, 0.05) is 43.1 Å². The van der Waals surface area contributed by atoms with Gasteiger partial charge in [-0.05, 0) is 70.6 Å². The largest absolute Gasteiger partial charge is 0.494 e. The lowest BCUT2D eigenvalue weighted by atomic mass is 9.96. The van der Waals surface area contributed by atoms with Crippen LogP contribution in [0.4, 0.5) is 38.9 Å². The van der Waals surface area contributed by atoms with Gasteiger partial charge < -0.3 is 35.6 Å². The molecule has 10 nitrogen and oxygen atoms in total. The molecule has 1 aliphatic rings. The van der Waals surface area contributed by atoms with Crippen LogP contribution in [-0.4, -0.2) is 66.7 Å². The van der Waals surface area contributed by atoms with Crippen molar-refractivity contribution in [3.05, 3.63) is 65.6 Å². The van der Waals surface area contributed by atoms with Crippen molar-refractivity contribution in [3.8, 4) is 5.75 Å². The number of carbonyl (C=O) groups is 1. The number of nitrogens with one attached hydrogen (secondary N) is 3. The van der Waals surface area contributed by atoms with E-state index in [9.17, 15) is 14.3 Å². The first-order valence-electron chi connectivity index (χ1n) is 13.5. The molecule has 0 bridgehead atoms. The smallest absolute Gasteiger partial charge is 0.247 e. The molecule has 12 heteroatoms. The van der Waals surface area contributed by atoms with E-state index in [0.29, 0.717) is 40.1 Å². The minimum atomic E-state index is -1.34. The molecule has 1 aliphatic heterocycles. The molecule has 0 spiro atoms. The maximum atomic E-state index is 14.2. The number of halogens is 2. The lowest BCUT2D eigenvalue weighted by molar-refractivity contribution is -0.111. The Labute approximate surface area is 250 Å². The molecular formula is C30H37ClFN7O3. The first-order valence-corrected chi connectivity index (χ1v) is 13.9. The van der Waals surface area contributed by atoms with E-state index in [-0.39, 0.29) is 16.9 Å². The molecule has 42 heavy (non-hydrogen) atoms. The fourth-order valence-corrected chi connectivity index (χ4v) is 5.17. The van der Waals surface area contributed by atoms with E-state index in [0.717, 1.165) is 31.7 Å². The highest BCUT2D eigenvalue weighted by atomic mass is 35.5. The molecule has 0 aliphatic carbocycles. The number of hydrogen-bond donors (Lipinski definition) is 4. The fraction of sp³-hybridized carbons (Fsp3) is 0.367. The average Bonchev–Trinajstić information content (AvgIpc) is 3.37. The third kappa shape index (κ3) is 7.47. The summed E-state index contributed by atoms with van der Waals surface area (Å²) in [5, 5.41) is 19.7. The number of anilines is 6. The number of amides is 1. The number of aliphatic hydroxyl groups is 1. The second-order valence-corrected chi connectivity index (χ2v) is 11.4. The molecule has 224 valence electrons. The van der Waals surface area contributed by atoms with Gasteiger partial charge in [0.05, 0.1) is 34.8 Å². The maximum Gasteiger partial charge on any atom is 0.247 e. The average molecular weight is 598 g/mol. The van der Waals surface area contributed by atoms with Crippen LogP contribution < -0.4 is 25.6 Å². The van der Waals surface area contributed by atoms with Gasteiger partial charge in [-0.3, -0.25) is 4.79 Å². The molecule has 0 saturated carbocycles. The van der Waals surface area contributed by atoms with E-state index < -0.39 is 11.4 Å². The Morgan fingerprint density at radius 3 is 2.69 bits per heavy atom. The number of benzene rings is 2. The monoisotopic (exact) mass is 597 g/mol. The van der Waals surface area contributed by atoms with Crippen LogP contribution in [0.3, 0.4) is 0 Å². The van der Waals surface area contributed by atoms with Crippen LogP contribution in [0.1, 0.15) is 25.8 Å². The number of ether oxygens (including phenoxy) is 1.